The monoisotopic (exact) mass is 224 g/mol. The maximum Gasteiger partial charge on any atom is 0.133 e. The van der Waals surface area contributed by atoms with Gasteiger partial charge in [0, 0.05) is 25.6 Å². The van der Waals surface area contributed by atoms with E-state index in [0.717, 1.165) is 37.6 Å². The summed E-state index contributed by atoms with van der Waals surface area (Å²) in [7, 11) is 0. The molecule has 0 bridgehead atoms. The molecule has 1 fully saturated rings. The fourth-order valence-corrected chi connectivity index (χ4v) is 2.35. The van der Waals surface area contributed by atoms with E-state index in [-0.39, 0.29) is 6.61 Å². The van der Waals surface area contributed by atoms with Gasteiger partial charge in [-0.1, -0.05) is 0 Å². The SMILES string of the molecule is Cc1nnc(CCCO)n1C1CCCNC1. The molecule has 2 heterocycles. The van der Waals surface area contributed by atoms with Gasteiger partial charge in [-0.2, -0.15) is 0 Å². The molecule has 1 unspecified atom stereocenters. The van der Waals surface area contributed by atoms with Gasteiger partial charge in [0.15, 0.2) is 0 Å². The lowest BCUT2D eigenvalue weighted by atomic mass is 10.1. The molecule has 1 aliphatic rings. The summed E-state index contributed by atoms with van der Waals surface area (Å²) in [6.45, 7) is 4.34. The summed E-state index contributed by atoms with van der Waals surface area (Å²) in [5.41, 5.74) is 0. The van der Waals surface area contributed by atoms with Gasteiger partial charge in [-0.25, -0.2) is 0 Å². The normalized spacial score (nSPS) is 21.2. The maximum atomic E-state index is 8.87. The predicted molar refractivity (Wildman–Crippen MR) is 61.3 cm³/mol. The molecular weight excluding hydrogens is 204 g/mol. The molecule has 0 saturated carbocycles. The minimum absolute atomic E-state index is 0.217. The highest BCUT2D eigenvalue weighted by atomic mass is 16.2. The first-order valence-electron chi connectivity index (χ1n) is 6.05. The number of rotatable bonds is 4. The zero-order chi connectivity index (χ0) is 11.4. The molecular formula is C11H20N4O. The Kier molecular flexibility index (Phi) is 3.90. The van der Waals surface area contributed by atoms with Crippen molar-refractivity contribution in [3.8, 4) is 0 Å². The van der Waals surface area contributed by atoms with Gasteiger partial charge in [-0.15, -0.1) is 10.2 Å². The zero-order valence-electron chi connectivity index (χ0n) is 9.82. The van der Waals surface area contributed by atoms with Gasteiger partial charge in [0.25, 0.3) is 0 Å². The van der Waals surface area contributed by atoms with Crippen molar-refractivity contribution in [3.63, 3.8) is 0 Å². The molecule has 2 rings (SSSR count). The molecule has 1 aromatic heterocycles. The third kappa shape index (κ3) is 2.41. The second-order valence-electron chi connectivity index (χ2n) is 4.36. The lowest BCUT2D eigenvalue weighted by Crippen LogP contribution is -2.32. The zero-order valence-corrected chi connectivity index (χ0v) is 9.82. The van der Waals surface area contributed by atoms with E-state index < -0.39 is 0 Å². The summed E-state index contributed by atoms with van der Waals surface area (Å²) in [6, 6.07) is 0.484. The van der Waals surface area contributed by atoms with Gasteiger partial charge >= 0.3 is 0 Å². The smallest absolute Gasteiger partial charge is 0.133 e. The van der Waals surface area contributed by atoms with Crippen molar-refractivity contribution in [2.75, 3.05) is 19.7 Å². The largest absolute Gasteiger partial charge is 0.396 e. The molecule has 90 valence electrons. The highest BCUT2D eigenvalue weighted by Crippen LogP contribution is 2.20. The third-order valence-electron chi connectivity index (χ3n) is 3.13. The molecule has 16 heavy (non-hydrogen) atoms. The number of nitrogens with zero attached hydrogens (tertiary/aromatic N) is 3. The molecule has 5 nitrogen and oxygen atoms in total. The van der Waals surface area contributed by atoms with E-state index in [9.17, 15) is 0 Å². The van der Waals surface area contributed by atoms with Crippen LogP contribution in [0.3, 0.4) is 0 Å². The van der Waals surface area contributed by atoms with Crippen molar-refractivity contribution >= 4 is 0 Å². The number of nitrogens with one attached hydrogen (secondary N) is 1. The van der Waals surface area contributed by atoms with Gasteiger partial charge in [0.1, 0.15) is 11.6 Å². The molecule has 0 spiro atoms. The van der Waals surface area contributed by atoms with Crippen LogP contribution in [-0.2, 0) is 6.42 Å². The average molecular weight is 224 g/mol. The molecule has 5 heteroatoms. The van der Waals surface area contributed by atoms with E-state index in [0.29, 0.717) is 6.04 Å². The molecule has 0 aromatic carbocycles. The number of aliphatic hydroxyl groups excluding tert-OH is 1. The maximum absolute atomic E-state index is 8.87. The van der Waals surface area contributed by atoms with Crippen LogP contribution in [0.4, 0.5) is 0 Å². The van der Waals surface area contributed by atoms with Crippen LogP contribution in [0.5, 0.6) is 0 Å². The number of aliphatic hydroxyl groups is 1. The summed E-state index contributed by atoms with van der Waals surface area (Å²) in [5, 5.41) is 20.6. The van der Waals surface area contributed by atoms with E-state index in [1.807, 2.05) is 6.92 Å². The van der Waals surface area contributed by atoms with Gasteiger partial charge in [0.2, 0.25) is 0 Å². The van der Waals surface area contributed by atoms with E-state index >= 15 is 0 Å². The fraction of sp³-hybridized carbons (Fsp3) is 0.818. The molecule has 0 amide bonds. The minimum Gasteiger partial charge on any atom is -0.396 e. The Morgan fingerprint density at radius 1 is 1.50 bits per heavy atom. The predicted octanol–water partition coefficient (Wildman–Crippen LogP) is 0.436. The standard InChI is InChI=1S/C11H20N4O/c1-9-13-14-11(5-3-7-16)15(9)10-4-2-6-12-8-10/h10,12,16H,2-8H2,1H3. The van der Waals surface area contributed by atoms with Crippen LogP contribution in [0.25, 0.3) is 0 Å². The minimum atomic E-state index is 0.217. The van der Waals surface area contributed by atoms with Crippen LogP contribution in [0, 0.1) is 6.92 Å². The van der Waals surface area contributed by atoms with E-state index in [2.05, 4.69) is 20.1 Å². The van der Waals surface area contributed by atoms with Crippen molar-refractivity contribution in [1.82, 2.24) is 20.1 Å². The van der Waals surface area contributed by atoms with Gasteiger partial charge in [0.05, 0.1) is 0 Å². The van der Waals surface area contributed by atoms with Gasteiger partial charge in [-0.05, 0) is 32.7 Å². The van der Waals surface area contributed by atoms with Crippen LogP contribution in [-0.4, -0.2) is 39.6 Å². The first-order chi connectivity index (χ1) is 7.83. The second kappa shape index (κ2) is 5.41. The van der Waals surface area contributed by atoms with Gasteiger partial charge in [-0.3, -0.25) is 0 Å². The summed E-state index contributed by atoms with van der Waals surface area (Å²) in [4.78, 5) is 0. The van der Waals surface area contributed by atoms with Gasteiger partial charge < -0.3 is 15.0 Å². The molecule has 0 radical (unpaired) electrons. The number of aromatic nitrogens is 3. The van der Waals surface area contributed by atoms with E-state index in [1.54, 1.807) is 0 Å². The van der Waals surface area contributed by atoms with Crippen molar-refractivity contribution in [1.29, 1.82) is 0 Å². The van der Waals surface area contributed by atoms with E-state index in [1.165, 1.54) is 12.8 Å². The Hall–Kier alpha value is -0.940. The first-order valence-corrected chi connectivity index (χ1v) is 6.05. The van der Waals surface area contributed by atoms with Crippen molar-refractivity contribution in [2.24, 2.45) is 0 Å². The Morgan fingerprint density at radius 2 is 2.38 bits per heavy atom. The number of hydrogen-bond acceptors (Lipinski definition) is 4. The number of hydrogen-bond donors (Lipinski definition) is 2. The number of piperidine rings is 1. The Bertz CT molecular complexity index is 331. The van der Waals surface area contributed by atoms with Crippen LogP contribution < -0.4 is 5.32 Å². The fourth-order valence-electron chi connectivity index (χ4n) is 2.35. The summed E-state index contributed by atoms with van der Waals surface area (Å²) in [5.74, 6) is 2.00. The van der Waals surface area contributed by atoms with Crippen LogP contribution in [0.1, 0.15) is 37.0 Å². The highest BCUT2D eigenvalue weighted by molar-refractivity contribution is 4.98. The Morgan fingerprint density at radius 3 is 3.06 bits per heavy atom. The van der Waals surface area contributed by atoms with E-state index in [4.69, 9.17) is 5.11 Å². The average Bonchev–Trinajstić information content (AvgIpc) is 2.69. The molecule has 0 aliphatic carbocycles. The van der Waals surface area contributed by atoms with Crippen LogP contribution in [0.2, 0.25) is 0 Å². The molecule has 1 aliphatic heterocycles. The lowest BCUT2D eigenvalue weighted by Gasteiger charge is -2.26. The molecule has 1 aromatic rings. The second-order valence-corrected chi connectivity index (χ2v) is 4.36. The highest BCUT2D eigenvalue weighted by Gasteiger charge is 2.20. The first kappa shape index (κ1) is 11.5. The quantitative estimate of drug-likeness (QED) is 0.779. The summed E-state index contributed by atoms with van der Waals surface area (Å²) in [6.07, 6.45) is 3.98. The van der Waals surface area contributed by atoms with Crippen molar-refractivity contribution < 1.29 is 5.11 Å². The third-order valence-corrected chi connectivity index (χ3v) is 3.13. The Labute approximate surface area is 95.9 Å². The van der Waals surface area contributed by atoms with Crippen LogP contribution >= 0.6 is 0 Å². The van der Waals surface area contributed by atoms with Crippen molar-refractivity contribution in [2.45, 2.75) is 38.6 Å². The molecule has 1 atom stereocenters. The topological polar surface area (TPSA) is 63.0 Å². The number of aryl methyl sites for hydroxylation is 2. The molecule has 1 saturated heterocycles. The van der Waals surface area contributed by atoms with Crippen LogP contribution in [0.15, 0.2) is 0 Å². The van der Waals surface area contributed by atoms with Crippen molar-refractivity contribution in [3.05, 3.63) is 11.6 Å². The lowest BCUT2D eigenvalue weighted by molar-refractivity contribution is 0.284. The molecule has 2 N–H and O–H groups in total. The summed E-state index contributed by atoms with van der Waals surface area (Å²) >= 11 is 0. The Balaban J connectivity index is 2.13. The summed E-state index contributed by atoms with van der Waals surface area (Å²) < 4.78 is 2.24.